The molecule has 0 aromatic heterocycles. The summed E-state index contributed by atoms with van der Waals surface area (Å²) in [6.45, 7) is 1.73. The van der Waals surface area contributed by atoms with Gasteiger partial charge in [0.25, 0.3) is 5.91 Å². The lowest BCUT2D eigenvalue weighted by Crippen LogP contribution is -2.28. The Bertz CT molecular complexity index is 710. The Hall–Kier alpha value is -2.82. The molecule has 2 aromatic rings. The van der Waals surface area contributed by atoms with E-state index in [2.05, 4.69) is 5.32 Å². The van der Waals surface area contributed by atoms with Gasteiger partial charge in [0.2, 0.25) is 0 Å². The van der Waals surface area contributed by atoms with E-state index in [0.717, 1.165) is 31.5 Å². The molecule has 0 atom stereocenters. The van der Waals surface area contributed by atoms with E-state index in [-0.39, 0.29) is 12.5 Å². The van der Waals surface area contributed by atoms with Gasteiger partial charge in [-0.15, -0.1) is 0 Å². The molecule has 0 bridgehead atoms. The molecule has 5 nitrogen and oxygen atoms in total. The maximum atomic E-state index is 12.6. The third-order valence-corrected chi connectivity index (χ3v) is 4.00. The van der Waals surface area contributed by atoms with E-state index in [0.29, 0.717) is 11.3 Å². The van der Waals surface area contributed by atoms with Crippen molar-refractivity contribution >= 4 is 17.7 Å². The normalized spacial score (nSPS) is 13.6. The van der Waals surface area contributed by atoms with E-state index in [1.807, 2.05) is 35.2 Å². The van der Waals surface area contributed by atoms with Gasteiger partial charge >= 0.3 is 6.09 Å². The number of carbonyl (C=O) groups excluding carboxylic acids is 2. The van der Waals surface area contributed by atoms with Gasteiger partial charge in [0.05, 0.1) is 11.3 Å². The maximum absolute atomic E-state index is 12.6. The largest absolute Gasteiger partial charge is 0.444 e. The first kappa shape index (κ1) is 16.1. The van der Waals surface area contributed by atoms with Crippen LogP contribution in [0.4, 0.5) is 10.5 Å². The minimum atomic E-state index is -0.569. The van der Waals surface area contributed by atoms with Gasteiger partial charge in [-0.1, -0.05) is 42.5 Å². The number of hydrogen-bond acceptors (Lipinski definition) is 3. The van der Waals surface area contributed by atoms with Gasteiger partial charge in [-0.25, -0.2) is 4.79 Å². The summed E-state index contributed by atoms with van der Waals surface area (Å²) in [7, 11) is 0. The predicted octanol–water partition coefficient (Wildman–Crippen LogP) is 3.67. The van der Waals surface area contributed by atoms with Gasteiger partial charge in [-0.2, -0.15) is 0 Å². The number of nitrogens with zero attached hydrogens (tertiary/aromatic N) is 1. The second-order valence-electron chi connectivity index (χ2n) is 5.73. The van der Waals surface area contributed by atoms with Crippen LogP contribution in [0.1, 0.15) is 28.8 Å². The van der Waals surface area contributed by atoms with E-state index >= 15 is 0 Å². The van der Waals surface area contributed by atoms with E-state index in [9.17, 15) is 9.59 Å². The molecule has 1 saturated heterocycles. The first-order valence-electron chi connectivity index (χ1n) is 8.10. The summed E-state index contributed by atoms with van der Waals surface area (Å²) in [5, 5.41) is 2.68. The zero-order valence-electron chi connectivity index (χ0n) is 13.4. The Morgan fingerprint density at radius 3 is 2.38 bits per heavy atom. The summed E-state index contributed by atoms with van der Waals surface area (Å²) in [6.07, 6.45) is 1.49. The van der Waals surface area contributed by atoms with Crippen molar-refractivity contribution in [1.29, 1.82) is 0 Å². The van der Waals surface area contributed by atoms with Crippen LogP contribution in [-0.2, 0) is 11.3 Å². The summed E-state index contributed by atoms with van der Waals surface area (Å²) < 4.78 is 5.22. The van der Waals surface area contributed by atoms with Crippen molar-refractivity contribution in [3.05, 3.63) is 65.7 Å². The van der Waals surface area contributed by atoms with E-state index < -0.39 is 6.09 Å². The molecule has 1 fully saturated rings. The van der Waals surface area contributed by atoms with Crippen LogP contribution < -0.4 is 5.32 Å². The molecule has 0 radical (unpaired) electrons. The molecule has 1 N–H and O–H groups in total. The molecule has 5 heteroatoms. The van der Waals surface area contributed by atoms with Crippen LogP contribution in [-0.4, -0.2) is 30.0 Å². The van der Waals surface area contributed by atoms with E-state index in [1.165, 1.54) is 0 Å². The molecule has 1 aliphatic rings. The Morgan fingerprint density at radius 1 is 0.958 bits per heavy atom. The fraction of sp³-hybridized carbons (Fsp3) is 0.263. The van der Waals surface area contributed by atoms with Gasteiger partial charge < -0.3 is 9.64 Å². The second kappa shape index (κ2) is 7.64. The van der Waals surface area contributed by atoms with Gasteiger partial charge in [-0.3, -0.25) is 10.1 Å². The van der Waals surface area contributed by atoms with E-state index in [4.69, 9.17) is 4.74 Å². The van der Waals surface area contributed by atoms with Crippen molar-refractivity contribution in [3.63, 3.8) is 0 Å². The van der Waals surface area contributed by atoms with Crippen LogP contribution in [0.3, 0.4) is 0 Å². The summed E-state index contributed by atoms with van der Waals surface area (Å²) in [6, 6.07) is 16.5. The Balaban J connectivity index is 1.64. The highest BCUT2D eigenvalue weighted by molar-refractivity contribution is 6.02. The molecule has 0 unspecified atom stereocenters. The molecule has 0 spiro atoms. The minimum absolute atomic E-state index is 0.0496. The monoisotopic (exact) mass is 324 g/mol. The molecule has 0 saturated carbocycles. The predicted molar refractivity (Wildman–Crippen MR) is 91.8 cm³/mol. The average molecular weight is 324 g/mol. The second-order valence-corrected chi connectivity index (χ2v) is 5.73. The van der Waals surface area contributed by atoms with Gasteiger partial charge in [0, 0.05) is 13.1 Å². The van der Waals surface area contributed by atoms with Crippen molar-refractivity contribution in [2.45, 2.75) is 19.4 Å². The highest BCUT2D eigenvalue weighted by Gasteiger charge is 2.22. The number of rotatable bonds is 4. The number of nitrogens with one attached hydrogen (secondary N) is 1. The van der Waals surface area contributed by atoms with Crippen molar-refractivity contribution in [2.75, 3.05) is 18.4 Å². The molecule has 2 aromatic carbocycles. The number of likely N-dealkylation sites (tertiary alicyclic amines) is 1. The highest BCUT2D eigenvalue weighted by atomic mass is 16.5. The molecule has 1 heterocycles. The first-order valence-corrected chi connectivity index (χ1v) is 8.10. The third kappa shape index (κ3) is 3.93. The van der Waals surface area contributed by atoms with Gasteiger partial charge in [0.1, 0.15) is 6.61 Å². The van der Waals surface area contributed by atoms with Crippen molar-refractivity contribution in [2.24, 2.45) is 0 Å². The zero-order valence-corrected chi connectivity index (χ0v) is 13.4. The van der Waals surface area contributed by atoms with Crippen LogP contribution in [0, 0.1) is 0 Å². The van der Waals surface area contributed by atoms with Gasteiger partial charge in [0.15, 0.2) is 0 Å². The van der Waals surface area contributed by atoms with E-state index in [1.54, 1.807) is 24.3 Å². The molecular formula is C19H20N2O3. The molecule has 0 aliphatic carbocycles. The highest BCUT2D eigenvalue weighted by Crippen LogP contribution is 2.20. The quantitative estimate of drug-likeness (QED) is 0.933. The fourth-order valence-corrected chi connectivity index (χ4v) is 2.74. The Labute approximate surface area is 141 Å². The number of para-hydroxylation sites is 1. The number of carbonyl (C=O) groups is 2. The van der Waals surface area contributed by atoms with Crippen LogP contribution in [0.2, 0.25) is 0 Å². The number of anilines is 1. The molecule has 2 amide bonds. The standard InChI is InChI=1S/C19H20N2O3/c22-18(21-12-6-7-13-21)16-10-4-5-11-17(16)20-19(23)24-14-15-8-2-1-3-9-15/h1-5,8-11H,6-7,12-14H2,(H,20,23). The lowest BCUT2D eigenvalue weighted by atomic mass is 10.1. The fourth-order valence-electron chi connectivity index (χ4n) is 2.74. The van der Waals surface area contributed by atoms with Crippen molar-refractivity contribution in [1.82, 2.24) is 4.90 Å². The van der Waals surface area contributed by atoms with Crippen molar-refractivity contribution in [3.8, 4) is 0 Å². The zero-order chi connectivity index (χ0) is 16.8. The van der Waals surface area contributed by atoms with Crippen molar-refractivity contribution < 1.29 is 14.3 Å². The van der Waals surface area contributed by atoms with Crippen LogP contribution in [0.25, 0.3) is 0 Å². The molecular weight excluding hydrogens is 304 g/mol. The molecule has 3 rings (SSSR count). The minimum Gasteiger partial charge on any atom is -0.444 e. The summed E-state index contributed by atoms with van der Waals surface area (Å²) in [5.74, 6) is -0.0496. The summed E-state index contributed by atoms with van der Waals surface area (Å²) >= 11 is 0. The first-order chi connectivity index (χ1) is 11.7. The number of ether oxygens (including phenoxy) is 1. The number of hydrogen-bond donors (Lipinski definition) is 1. The van der Waals surface area contributed by atoms with Crippen LogP contribution in [0.5, 0.6) is 0 Å². The number of amides is 2. The number of benzene rings is 2. The Morgan fingerprint density at radius 2 is 1.62 bits per heavy atom. The van der Waals surface area contributed by atoms with Crippen LogP contribution >= 0.6 is 0 Å². The topological polar surface area (TPSA) is 58.6 Å². The van der Waals surface area contributed by atoms with Crippen LogP contribution in [0.15, 0.2) is 54.6 Å². The van der Waals surface area contributed by atoms with Gasteiger partial charge in [-0.05, 0) is 30.5 Å². The molecule has 124 valence electrons. The third-order valence-electron chi connectivity index (χ3n) is 4.00. The smallest absolute Gasteiger partial charge is 0.411 e. The molecule has 24 heavy (non-hydrogen) atoms. The maximum Gasteiger partial charge on any atom is 0.411 e. The molecule has 1 aliphatic heterocycles. The summed E-state index contributed by atoms with van der Waals surface area (Å²) in [4.78, 5) is 26.4. The SMILES string of the molecule is O=C(Nc1ccccc1C(=O)N1CCCC1)OCc1ccccc1. The lowest BCUT2D eigenvalue weighted by Gasteiger charge is -2.17. The Kier molecular flexibility index (Phi) is 5.11. The average Bonchev–Trinajstić information content (AvgIpc) is 3.15. The lowest BCUT2D eigenvalue weighted by molar-refractivity contribution is 0.0794. The summed E-state index contributed by atoms with van der Waals surface area (Å²) in [5.41, 5.74) is 1.89.